The maximum Gasteiger partial charge on any atom is 0.0224 e. The summed E-state index contributed by atoms with van der Waals surface area (Å²) < 4.78 is 0. The van der Waals surface area contributed by atoms with Crippen molar-refractivity contribution in [3.63, 3.8) is 0 Å². The fourth-order valence-corrected chi connectivity index (χ4v) is 7.44. The van der Waals surface area contributed by atoms with Crippen molar-refractivity contribution in [1.82, 2.24) is 10.6 Å². The Balaban J connectivity index is 2.65. The van der Waals surface area contributed by atoms with Crippen molar-refractivity contribution in [3.8, 4) is 0 Å². The summed E-state index contributed by atoms with van der Waals surface area (Å²) in [5.41, 5.74) is 0. The molecule has 4 atom stereocenters. The fraction of sp³-hybridized carbons (Fsp3) is 1.00. The average molecular weight is 591 g/mol. The van der Waals surface area contributed by atoms with Crippen LogP contribution < -0.4 is 10.6 Å². The minimum Gasteiger partial charge on any atom is -0.308 e. The maximum atomic E-state index is 4.35. The molecule has 0 radical (unpaired) electrons. The molecule has 0 bridgehead atoms. The molecule has 1 rings (SSSR count). The topological polar surface area (TPSA) is 24.1 Å². The third-order valence-corrected chi connectivity index (χ3v) is 10.3. The second-order valence-corrected chi connectivity index (χ2v) is 14.4. The van der Waals surface area contributed by atoms with Crippen LogP contribution in [0, 0.1) is 0 Å². The first-order chi connectivity index (χ1) is 20.8. The van der Waals surface area contributed by atoms with Crippen LogP contribution >= 0.6 is 0 Å². The van der Waals surface area contributed by atoms with E-state index in [0.29, 0.717) is 24.2 Å². The molecule has 1 fully saturated rings. The first kappa shape index (κ1) is 39.9. The Morgan fingerprint density at radius 3 is 0.595 bits per heavy atom. The Kier molecular flexibility index (Phi) is 29.4. The number of unbranched alkanes of at least 4 members (excludes halogenated alkanes) is 24. The zero-order chi connectivity index (χ0) is 30.4. The van der Waals surface area contributed by atoms with E-state index in [1.807, 2.05) is 0 Å². The van der Waals surface area contributed by atoms with Crippen LogP contribution in [-0.2, 0) is 0 Å². The van der Waals surface area contributed by atoms with Gasteiger partial charge in [0, 0.05) is 24.2 Å². The van der Waals surface area contributed by atoms with E-state index in [-0.39, 0.29) is 0 Å². The van der Waals surface area contributed by atoms with E-state index in [1.54, 1.807) is 0 Å². The summed E-state index contributed by atoms with van der Waals surface area (Å²) in [5, 5.41) is 8.70. The smallest absolute Gasteiger partial charge is 0.0224 e. The Morgan fingerprint density at radius 2 is 0.405 bits per heavy atom. The molecule has 0 aromatic carbocycles. The lowest BCUT2D eigenvalue weighted by Gasteiger charge is -2.45. The van der Waals surface area contributed by atoms with Crippen molar-refractivity contribution in [2.45, 2.75) is 257 Å². The Labute approximate surface area is 267 Å². The average Bonchev–Trinajstić information content (AvgIpc) is 3.00. The third-order valence-electron chi connectivity index (χ3n) is 10.3. The van der Waals surface area contributed by atoms with E-state index >= 15 is 0 Å². The van der Waals surface area contributed by atoms with Crippen LogP contribution in [0.4, 0.5) is 0 Å². The number of piperazine rings is 1. The highest BCUT2D eigenvalue weighted by Gasteiger charge is 2.34. The molecule has 2 nitrogen and oxygen atoms in total. The van der Waals surface area contributed by atoms with Crippen LogP contribution in [0.1, 0.15) is 233 Å². The predicted octanol–water partition coefficient (Wildman–Crippen LogP) is 13.2. The molecule has 1 heterocycles. The molecular weight excluding hydrogens is 508 g/mol. The highest BCUT2D eigenvalue weighted by molar-refractivity contribution is 4.97. The fourth-order valence-electron chi connectivity index (χ4n) is 7.44. The van der Waals surface area contributed by atoms with Gasteiger partial charge in [0.1, 0.15) is 0 Å². The number of nitrogens with one attached hydrogen (secondary N) is 2. The number of hydrogen-bond acceptors (Lipinski definition) is 2. The van der Waals surface area contributed by atoms with Gasteiger partial charge in [0.15, 0.2) is 0 Å². The minimum atomic E-state index is 0.695. The van der Waals surface area contributed by atoms with E-state index in [0.717, 1.165) is 0 Å². The molecule has 0 amide bonds. The zero-order valence-electron chi connectivity index (χ0n) is 29.9. The molecule has 1 aliphatic heterocycles. The highest BCUT2D eigenvalue weighted by atomic mass is 15.1. The van der Waals surface area contributed by atoms with E-state index in [2.05, 4.69) is 38.3 Å². The second kappa shape index (κ2) is 30.9. The second-order valence-electron chi connectivity index (χ2n) is 14.4. The summed E-state index contributed by atoms with van der Waals surface area (Å²) in [7, 11) is 0. The van der Waals surface area contributed by atoms with Gasteiger partial charge in [-0.05, 0) is 25.7 Å². The zero-order valence-corrected chi connectivity index (χ0v) is 29.9. The molecule has 2 heteroatoms. The molecule has 2 N–H and O–H groups in total. The van der Waals surface area contributed by atoms with Crippen LogP contribution in [0.3, 0.4) is 0 Å². The molecular formula is C40H82N2. The standard InChI is InChI=1S/C40H82N2/c1-5-9-13-17-21-25-29-33-37-38(34-30-26-22-18-14-10-6-2)42-40(36-32-28-24-20-16-12-8-4)39(41-37)35-31-27-23-19-15-11-7-3/h37-42H,5-36H2,1-4H3. The van der Waals surface area contributed by atoms with E-state index in [4.69, 9.17) is 0 Å². The first-order valence-corrected chi connectivity index (χ1v) is 20.3. The van der Waals surface area contributed by atoms with E-state index in [9.17, 15) is 0 Å². The Bertz CT molecular complexity index is 430. The lowest BCUT2D eigenvalue weighted by atomic mass is 9.86. The lowest BCUT2D eigenvalue weighted by molar-refractivity contribution is 0.170. The Morgan fingerprint density at radius 1 is 0.238 bits per heavy atom. The number of rotatable bonds is 32. The van der Waals surface area contributed by atoms with Gasteiger partial charge in [-0.15, -0.1) is 0 Å². The van der Waals surface area contributed by atoms with Gasteiger partial charge in [-0.2, -0.15) is 0 Å². The van der Waals surface area contributed by atoms with Crippen LogP contribution in [-0.4, -0.2) is 24.2 Å². The summed E-state index contributed by atoms with van der Waals surface area (Å²) >= 11 is 0. The van der Waals surface area contributed by atoms with Crippen molar-refractivity contribution in [3.05, 3.63) is 0 Å². The highest BCUT2D eigenvalue weighted by Crippen LogP contribution is 2.25. The Hall–Kier alpha value is -0.0800. The predicted molar refractivity (Wildman–Crippen MR) is 192 cm³/mol. The summed E-state index contributed by atoms with van der Waals surface area (Å²) in [6.07, 6.45) is 45.5. The van der Waals surface area contributed by atoms with Gasteiger partial charge in [-0.3, -0.25) is 0 Å². The summed E-state index contributed by atoms with van der Waals surface area (Å²) in [6, 6.07) is 2.78. The van der Waals surface area contributed by atoms with Gasteiger partial charge in [0.25, 0.3) is 0 Å². The van der Waals surface area contributed by atoms with Gasteiger partial charge < -0.3 is 10.6 Å². The molecule has 0 aromatic rings. The van der Waals surface area contributed by atoms with Crippen LogP contribution in [0.15, 0.2) is 0 Å². The molecule has 0 aromatic heterocycles. The van der Waals surface area contributed by atoms with Crippen LogP contribution in [0.25, 0.3) is 0 Å². The normalized spacial score (nSPS) is 20.9. The van der Waals surface area contributed by atoms with Crippen molar-refractivity contribution in [1.29, 1.82) is 0 Å². The molecule has 4 unspecified atom stereocenters. The molecule has 1 saturated heterocycles. The van der Waals surface area contributed by atoms with Gasteiger partial charge in [0.2, 0.25) is 0 Å². The molecule has 0 saturated carbocycles. The van der Waals surface area contributed by atoms with E-state index < -0.39 is 0 Å². The summed E-state index contributed by atoms with van der Waals surface area (Å²) in [4.78, 5) is 0. The van der Waals surface area contributed by atoms with Gasteiger partial charge >= 0.3 is 0 Å². The molecule has 0 spiro atoms. The maximum absolute atomic E-state index is 4.35. The molecule has 42 heavy (non-hydrogen) atoms. The van der Waals surface area contributed by atoms with E-state index in [1.165, 1.54) is 205 Å². The van der Waals surface area contributed by atoms with Crippen molar-refractivity contribution in [2.75, 3.05) is 0 Å². The van der Waals surface area contributed by atoms with Gasteiger partial charge in [0.05, 0.1) is 0 Å². The van der Waals surface area contributed by atoms with Crippen LogP contribution in [0.2, 0.25) is 0 Å². The number of hydrogen-bond donors (Lipinski definition) is 2. The summed E-state index contributed by atoms with van der Waals surface area (Å²) in [6.45, 7) is 9.32. The van der Waals surface area contributed by atoms with Gasteiger partial charge in [-0.25, -0.2) is 0 Å². The molecule has 1 aliphatic rings. The van der Waals surface area contributed by atoms with Crippen molar-refractivity contribution in [2.24, 2.45) is 0 Å². The first-order valence-electron chi connectivity index (χ1n) is 20.3. The third kappa shape index (κ3) is 22.4. The van der Waals surface area contributed by atoms with Gasteiger partial charge in [-0.1, -0.05) is 207 Å². The SMILES string of the molecule is CCCCCCCCCC1NC(CCCCCCCCC)C(CCCCCCCCC)NC1CCCCCCCCC. The largest absolute Gasteiger partial charge is 0.308 e. The molecule has 0 aliphatic carbocycles. The minimum absolute atomic E-state index is 0.695. The van der Waals surface area contributed by atoms with Crippen LogP contribution in [0.5, 0.6) is 0 Å². The molecule has 252 valence electrons. The monoisotopic (exact) mass is 591 g/mol. The summed E-state index contributed by atoms with van der Waals surface area (Å²) in [5.74, 6) is 0. The lowest BCUT2D eigenvalue weighted by Crippen LogP contribution is -2.65. The quantitative estimate of drug-likeness (QED) is 0.0761. The van der Waals surface area contributed by atoms with Crippen molar-refractivity contribution >= 4 is 0 Å². The van der Waals surface area contributed by atoms with Crippen molar-refractivity contribution < 1.29 is 0 Å².